The molecule has 0 aliphatic rings. The number of alkyl carbamates (subject to hydrolysis) is 2. The topological polar surface area (TPSA) is 115 Å². The normalized spacial score (nSPS) is 12.6. The number of methoxy groups -OCH3 is 1. The number of hydrogen-bond acceptors (Lipinski definition) is 6. The van der Waals surface area contributed by atoms with Crippen molar-refractivity contribution in [3.63, 3.8) is 0 Å². The molecule has 0 bridgehead atoms. The van der Waals surface area contributed by atoms with Gasteiger partial charge in [-0.05, 0) is 63.8 Å². The molecule has 0 aliphatic carbocycles. The minimum absolute atomic E-state index is 0.167. The minimum atomic E-state index is -0.852. The Balaban J connectivity index is 1.90. The van der Waals surface area contributed by atoms with Crippen molar-refractivity contribution in [2.45, 2.75) is 64.8 Å². The Hall–Kier alpha value is -3.75. The third-order valence-corrected chi connectivity index (χ3v) is 5.11. The van der Waals surface area contributed by atoms with Gasteiger partial charge in [0.15, 0.2) is 0 Å². The molecule has 0 unspecified atom stereocenters. The van der Waals surface area contributed by atoms with Crippen LogP contribution in [0.1, 0.15) is 57.7 Å². The van der Waals surface area contributed by atoms with Crippen LogP contribution in [0.15, 0.2) is 54.6 Å². The Morgan fingerprint density at radius 1 is 0.944 bits per heavy atom. The molecular formula is C27H37N3O6. The summed E-state index contributed by atoms with van der Waals surface area (Å²) in [6, 6.07) is 15.6. The molecule has 3 amide bonds. The lowest BCUT2D eigenvalue weighted by molar-refractivity contribution is -0.124. The number of ether oxygens (including phenoxy) is 3. The third kappa shape index (κ3) is 10.7. The number of nitrogens with one attached hydrogen (secondary N) is 3. The van der Waals surface area contributed by atoms with Crippen molar-refractivity contribution in [2.24, 2.45) is 0 Å². The molecule has 9 nitrogen and oxygen atoms in total. The monoisotopic (exact) mass is 499 g/mol. The zero-order chi connectivity index (χ0) is 26.6. The molecule has 36 heavy (non-hydrogen) atoms. The summed E-state index contributed by atoms with van der Waals surface area (Å²) in [5.74, 6) is 0.324. The van der Waals surface area contributed by atoms with E-state index in [4.69, 9.17) is 14.2 Å². The lowest BCUT2D eigenvalue weighted by Gasteiger charge is -2.24. The van der Waals surface area contributed by atoms with Crippen LogP contribution < -0.4 is 20.7 Å². The zero-order valence-electron chi connectivity index (χ0n) is 21.6. The first-order chi connectivity index (χ1) is 17.1. The van der Waals surface area contributed by atoms with Crippen molar-refractivity contribution < 1.29 is 28.6 Å². The first-order valence-corrected chi connectivity index (χ1v) is 12.0. The molecule has 0 aliphatic heterocycles. The first kappa shape index (κ1) is 28.5. The zero-order valence-corrected chi connectivity index (χ0v) is 21.6. The Morgan fingerprint density at radius 3 is 2.33 bits per heavy atom. The highest BCUT2D eigenvalue weighted by molar-refractivity contribution is 5.86. The van der Waals surface area contributed by atoms with E-state index in [0.717, 1.165) is 11.1 Å². The van der Waals surface area contributed by atoms with E-state index in [0.29, 0.717) is 12.2 Å². The summed E-state index contributed by atoms with van der Waals surface area (Å²) in [4.78, 5) is 37.4. The molecule has 0 heterocycles. The van der Waals surface area contributed by atoms with E-state index in [-0.39, 0.29) is 31.5 Å². The van der Waals surface area contributed by atoms with E-state index in [2.05, 4.69) is 16.0 Å². The van der Waals surface area contributed by atoms with Crippen molar-refractivity contribution in [2.75, 3.05) is 13.7 Å². The maximum absolute atomic E-state index is 13.0. The average Bonchev–Trinajstić information content (AvgIpc) is 2.84. The first-order valence-electron chi connectivity index (χ1n) is 12.0. The number of rotatable bonds is 11. The summed E-state index contributed by atoms with van der Waals surface area (Å²) in [5, 5.41) is 8.24. The fraction of sp³-hybridized carbons (Fsp3) is 0.444. The molecule has 0 aromatic heterocycles. The molecule has 196 valence electrons. The maximum Gasteiger partial charge on any atom is 0.408 e. The van der Waals surface area contributed by atoms with Crippen LogP contribution >= 0.6 is 0 Å². The van der Waals surface area contributed by atoms with E-state index < -0.39 is 23.8 Å². The predicted molar refractivity (Wildman–Crippen MR) is 137 cm³/mol. The highest BCUT2D eigenvalue weighted by Gasteiger charge is 2.25. The van der Waals surface area contributed by atoms with Crippen LogP contribution in [-0.2, 0) is 20.9 Å². The fourth-order valence-electron chi connectivity index (χ4n) is 3.30. The summed E-state index contributed by atoms with van der Waals surface area (Å²) in [6.07, 6.45) is -0.519. The van der Waals surface area contributed by atoms with Gasteiger partial charge in [-0.2, -0.15) is 0 Å². The van der Waals surface area contributed by atoms with Crippen molar-refractivity contribution >= 4 is 18.1 Å². The van der Waals surface area contributed by atoms with E-state index >= 15 is 0 Å². The lowest BCUT2D eigenvalue weighted by Crippen LogP contribution is -2.49. The van der Waals surface area contributed by atoms with Crippen LogP contribution in [0.3, 0.4) is 0 Å². The number of hydrogen-bond donors (Lipinski definition) is 3. The molecule has 0 fully saturated rings. The van der Waals surface area contributed by atoms with Crippen LogP contribution in [-0.4, -0.2) is 43.4 Å². The van der Waals surface area contributed by atoms with Crippen LogP contribution in [0.2, 0.25) is 0 Å². The van der Waals surface area contributed by atoms with Gasteiger partial charge >= 0.3 is 12.2 Å². The van der Waals surface area contributed by atoms with Gasteiger partial charge in [-0.15, -0.1) is 0 Å². The van der Waals surface area contributed by atoms with E-state index in [9.17, 15) is 14.4 Å². The Bertz CT molecular complexity index is 991. The molecule has 0 spiro atoms. The summed E-state index contributed by atoms with van der Waals surface area (Å²) in [5.41, 5.74) is 1.04. The van der Waals surface area contributed by atoms with Gasteiger partial charge in [0.1, 0.15) is 24.0 Å². The van der Waals surface area contributed by atoms with Crippen molar-refractivity contribution in [3.05, 3.63) is 65.7 Å². The van der Waals surface area contributed by atoms with Gasteiger partial charge in [0, 0.05) is 6.54 Å². The van der Waals surface area contributed by atoms with Crippen molar-refractivity contribution in [3.8, 4) is 5.75 Å². The van der Waals surface area contributed by atoms with E-state index in [1.165, 1.54) is 0 Å². The maximum atomic E-state index is 13.0. The lowest BCUT2D eigenvalue weighted by atomic mass is 10.1. The molecule has 0 radical (unpaired) electrons. The van der Waals surface area contributed by atoms with Crippen LogP contribution in [0.5, 0.6) is 5.75 Å². The number of amides is 3. The van der Waals surface area contributed by atoms with Gasteiger partial charge in [-0.3, -0.25) is 4.79 Å². The quantitative estimate of drug-likeness (QED) is 0.393. The van der Waals surface area contributed by atoms with Gasteiger partial charge in [-0.25, -0.2) is 9.59 Å². The van der Waals surface area contributed by atoms with Crippen LogP contribution in [0.4, 0.5) is 9.59 Å². The second kappa shape index (κ2) is 14.0. The van der Waals surface area contributed by atoms with Gasteiger partial charge in [0.25, 0.3) is 0 Å². The summed E-state index contributed by atoms with van der Waals surface area (Å²) in [7, 11) is 1.58. The molecular weight excluding hydrogens is 462 g/mol. The van der Waals surface area contributed by atoms with Crippen LogP contribution in [0.25, 0.3) is 0 Å². The molecule has 2 atom stereocenters. The Kier molecular flexibility index (Phi) is 11.1. The average molecular weight is 500 g/mol. The number of carbonyl (C=O) groups is 3. The SMILES string of the molecule is COc1cccc([C@H](C)NC(=O)[C@@H](CCCNC(=O)OCc2ccccc2)NC(=O)OC(C)(C)C)c1. The standard InChI is InChI=1S/C27H37N3O6/c1-19(21-13-9-14-22(17-21)34-5)29-24(31)23(30-26(33)36-27(2,3)4)15-10-16-28-25(32)35-18-20-11-7-6-8-12-20/h6-9,11-14,17,19,23H,10,15-16,18H2,1-5H3,(H,28,32)(H,29,31)(H,30,33)/t19-,23+/m0/s1. The Labute approximate surface area is 212 Å². The third-order valence-electron chi connectivity index (χ3n) is 5.11. The summed E-state index contributed by atoms with van der Waals surface area (Å²) < 4.78 is 15.8. The van der Waals surface area contributed by atoms with Gasteiger partial charge in [-0.1, -0.05) is 42.5 Å². The number of carbonyl (C=O) groups excluding carboxylic acids is 3. The summed E-state index contributed by atoms with van der Waals surface area (Å²) in [6.45, 7) is 7.53. The molecule has 2 aromatic carbocycles. The molecule has 9 heteroatoms. The summed E-state index contributed by atoms with van der Waals surface area (Å²) >= 11 is 0. The second-order valence-corrected chi connectivity index (χ2v) is 9.34. The minimum Gasteiger partial charge on any atom is -0.497 e. The van der Waals surface area contributed by atoms with Crippen molar-refractivity contribution in [1.29, 1.82) is 0 Å². The molecule has 0 saturated heterocycles. The Morgan fingerprint density at radius 2 is 1.67 bits per heavy atom. The molecule has 0 saturated carbocycles. The smallest absolute Gasteiger partial charge is 0.408 e. The fourth-order valence-corrected chi connectivity index (χ4v) is 3.30. The van der Waals surface area contributed by atoms with Crippen LogP contribution in [0, 0.1) is 0 Å². The van der Waals surface area contributed by atoms with E-state index in [1.807, 2.05) is 61.5 Å². The molecule has 3 N–H and O–H groups in total. The molecule has 2 rings (SSSR count). The second-order valence-electron chi connectivity index (χ2n) is 9.34. The van der Waals surface area contributed by atoms with Gasteiger partial charge in [0.2, 0.25) is 5.91 Å². The number of benzene rings is 2. The highest BCUT2D eigenvalue weighted by Crippen LogP contribution is 2.19. The largest absolute Gasteiger partial charge is 0.497 e. The predicted octanol–water partition coefficient (Wildman–Crippen LogP) is 4.47. The van der Waals surface area contributed by atoms with Crippen molar-refractivity contribution in [1.82, 2.24) is 16.0 Å². The van der Waals surface area contributed by atoms with E-state index in [1.54, 1.807) is 27.9 Å². The van der Waals surface area contributed by atoms with Gasteiger partial charge in [0.05, 0.1) is 13.2 Å². The highest BCUT2D eigenvalue weighted by atomic mass is 16.6. The van der Waals surface area contributed by atoms with Gasteiger partial charge < -0.3 is 30.2 Å². The molecule has 2 aromatic rings.